The second-order valence-electron chi connectivity index (χ2n) is 6.87. The first-order valence-corrected chi connectivity index (χ1v) is 10.8. The zero-order valence-electron chi connectivity index (χ0n) is 15.6. The molecular weight excluding hydrogens is 397 g/mol. The second-order valence-corrected chi connectivity index (χ2v) is 9.03. The number of anilines is 1. The highest BCUT2D eigenvalue weighted by atomic mass is 32.2. The van der Waals surface area contributed by atoms with Crippen LogP contribution in [-0.4, -0.2) is 40.8 Å². The lowest BCUT2D eigenvalue weighted by Crippen LogP contribution is -2.41. The van der Waals surface area contributed by atoms with E-state index in [0.717, 1.165) is 0 Å². The predicted octanol–water partition coefficient (Wildman–Crippen LogP) is 2.65. The standard InChI is InChI=1S/C19H20FN5O3S/c1-29(21,27)16-5-2-13(3-6-16)17-7-4-14(10-18(17)20)25-12-15(28-19(25)26)11-24-9-8-22-23-24/h2-10,15,21-23H,11-12H2,1H3. The number of benzene rings is 2. The molecule has 152 valence electrons. The van der Waals surface area contributed by atoms with E-state index in [2.05, 4.69) is 11.0 Å². The average Bonchev–Trinajstić information content (AvgIpc) is 3.31. The Bertz CT molecular complexity index is 1070. The molecule has 0 spiro atoms. The average molecular weight is 417 g/mol. The summed E-state index contributed by atoms with van der Waals surface area (Å²) in [6.45, 7) is 0.766. The number of hydrogen-bond acceptors (Lipinski definition) is 7. The van der Waals surface area contributed by atoms with Crippen LogP contribution in [0.3, 0.4) is 0 Å². The van der Waals surface area contributed by atoms with Gasteiger partial charge in [-0.3, -0.25) is 9.91 Å². The molecule has 1 amide bonds. The zero-order valence-corrected chi connectivity index (χ0v) is 16.4. The number of rotatable bonds is 5. The fraction of sp³-hybridized carbons (Fsp3) is 0.211. The number of ether oxygens (including phenoxy) is 1. The van der Waals surface area contributed by atoms with Crippen molar-refractivity contribution in [3.8, 4) is 11.1 Å². The number of cyclic esters (lactones) is 1. The van der Waals surface area contributed by atoms with Crippen LogP contribution in [0.2, 0.25) is 0 Å². The van der Waals surface area contributed by atoms with Crippen LogP contribution < -0.4 is 15.9 Å². The summed E-state index contributed by atoms with van der Waals surface area (Å²) in [6.07, 6.45) is 3.97. The van der Waals surface area contributed by atoms with Gasteiger partial charge in [-0.15, -0.1) is 5.53 Å². The summed E-state index contributed by atoms with van der Waals surface area (Å²) in [7, 11) is -2.82. The molecule has 0 radical (unpaired) electrons. The molecular formula is C19H20FN5O3S. The normalized spacial score (nSPS) is 20.5. The smallest absolute Gasteiger partial charge is 0.414 e. The first kappa shape index (κ1) is 19.2. The van der Waals surface area contributed by atoms with Crippen molar-refractivity contribution >= 4 is 21.5 Å². The lowest BCUT2D eigenvalue weighted by molar-refractivity contribution is 0.109. The first-order chi connectivity index (χ1) is 13.8. The molecule has 0 aliphatic carbocycles. The maximum atomic E-state index is 14.8. The van der Waals surface area contributed by atoms with Crippen LogP contribution in [-0.2, 0) is 14.5 Å². The van der Waals surface area contributed by atoms with E-state index >= 15 is 0 Å². The van der Waals surface area contributed by atoms with Gasteiger partial charge in [0.2, 0.25) is 0 Å². The molecule has 29 heavy (non-hydrogen) atoms. The Kier molecular flexibility index (Phi) is 4.89. The van der Waals surface area contributed by atoms with Crippen LogP contribution in [0.15, 0.2) is 59.8 Å². The van der Waals surface area contributed by atoms with E-state index in [-0.39, 0.29) is 6.10 Å². The van der Waals surface area contributed by atoms with Crippen molar-refractivity contribution in [2.75, 3.05) is 24.2 Å². The second kappa shape index (κ2) is 7.37. The van der Waals surface area contributed by atoms with Gasteiger partial charge in [-0.25, -0.2) is 18.2 Å². The van der Waals surface area contributed by atoms with Crippen LogP contribution in [0, 0.1) is 10.6 Å². The number of hydrazine groups is 2. The molecule has 2 atom stereocenters. The van der Waals surface area contributed by atoms with Crippen LogP contribution in [0.25, 0.3) is 11.1 Å². The van der Waals surface area contributed by atoms with E-state index in [0.29, 0.717) is 34.8 Å². The van der Waals surface area contributed by atoms with E-state index in [1.54, 1.807) is 53.8 Å². The third-order valence-corrected chi connectivity index (χ3v) is 5.87. The number of hydrogen-bond donors (Lipinski definition) is 3. The molecule has 2 unspecified atom stereocenters. The summed E-state index contributed by atoms with van der Waals surface area (Å²) >= 11 is 0. The Hall–Kier alpha value is -3.11. The minimum atomic E-state index is -2.82. The molecule has 2 aliphatic rings. The summed E-state index contributed by atoms with van der Waals surface area (Å²) in [5.74, 6) is -0.483. The van der Waals surface area contributed by atoms with E-state index in [1.165, 1.54) is 17.2 Å². The summed E-state index contributed by atoms with van der Waals surface area (Å²) in [5, 5.41) is 1.75. The summed E-state index contributed by atoms with van der Waals surface area (Å²) in [4.78, 5) is 14.0. The lowest BCUT2D eigenvalue weighted by atomic mass is 10.0. The molecule has 10 heteroatoms. The maximum absolute atomic E-state index is 14.8. The molecule has 2 heterocycles. The van der Waals surface area contributed by atoms with Crippen molar-refractivity contribution in [1.82, 2.24) is 16.0 Å². The van der Waals surface area contributed by atoms with Crippen molar-refractivity contribution in [2.24, 2.45) is 0 Å². The molecule has 1 fully saturated rings. The molecule has 0 aromatic heterocycles. The Morgan fingerprint density at radius 3 is 2.66 bits per heavy atom. The molecule has 4 rings (SSSR count). The van der Waals surface area contributed by atoms with Crippen LogP contribution in [0.5, 0.6) is 0 Å². The highest BCUT2D eigenvalue weighted by molar-refractivity contribution is 7.91. The van der Waals surface area contributed by atoms with Gasteiger partial charge in [0.15, 0.2) is 0 Å². The van der Waals surface area contributed by atoms with E-state index in [4.69, 9.17) is 9.52 Å². The van der Waals surface area contributed by atoms with Gasteiger partial charge in [0, 0.05) is 29.1 Å². The van der Waals surface area contributed by atoms with Crippen molar-refractivity contribution in [3.63, 3.8) is 0 Å². The van der Waals surface area contributed by atoms with Gasteiger partial charge in [-0.05, 0) is 35.9 Å². The van der Waals surface area contributed by atoms with E-state index < -0.39 is 21.6 Å². The van der Waals surface area contributed by atoms with Crippen molar-refractivity contribution < 1.29 is 18.1 Å². The number of nitrogens with one attached hydrogen (secondary N) is 3. The Morgan fingerprint density at radius 2 is 2.03 bits per heavy atom. The Labute approximate surface area is 167 Å². The SMILES string of the molecule is CS(=N)(=O)c1ccc(-c2ccc(N3CC(CN4C=CNN4)OC3=O)cc2F)cc1. The van der Waals surface area contributed by atoms with Crippen molar-refractivity contribution in [3.05, 3.63) is 60.7 Å². The van der Waals surface area contributed by atoms with Gasteiger partial charge in [-0.2, -0.15) is 0 Å². The fourth-order valence-electron chi connectivity index (χ4n) is 3.24. The highest BCUT2D eigenvalue weighted by Crippen LogP contribution is 2.30. The van der Waals surface area contributed by atoms with Crippen molar-refractivity contribution in [2.45, 2.75) is 11.0 Å². The van der Waals surface area contributed by atoms with Gasteiger partial charge < -0.3 is 10.2 Å². The zero-order chi connectivity index (χ0) is 20.6. The predicted molar refractivity (Wildman–Crippen MR) is 107 cm³/mol. The number of carbonyl (C=O) groups is 1. The van der Waals surface area contributed by atoms with Crippen LogP contribution in [0.4, 0.5) is 14.9 Å². The largest absolute Gasteiger partial charge is 0.442 e. The summed E-state index contributed by atoms with van der Waals surface area (Å²) in [5.41, 5.74) is 7.05. The summed E-state index contributed by atoms with van der Waals surface area (Å²) < 4.78 is 39.5. The van der Waals surface area contributed by atoms with Crippen molar-refractivity contribution in [1.29, 1.82) is 4.78 Å². The van der Waals surface area contributed by atoms with Crippen LogP contribution >= 0.6 is 0 Å². The molecule has 0 saturated carbocycles. The molecule has 0 bridgehead atoms. The maximum Gasteiger partial charge on any atom is 0.414 e. The van der Waals surface area contributed by atoms with Gasteiger partial charge in [-0.1, -0.05) is 12.1 Å². The van der Waals surface area contributed by atoms with Gasteiger partial charge in [0.1, 0.15) is 11.9 Å². The van der Waals surface area contributed by atoms with Gasteiger partial charge in [0.05, 0.1) is 28.5 Å². The molecule has 2 aromatic rings. The molecule has 2 aromatic carbocycles. The monoisotopic (exact) mass is 417 g/mol. The van der Waals surface area contributed by atoms with Gasteiger partial charge >= 0.3 is 6.09 Å². The topological polar surface area (TPSA) is 97.8 Å². The van der Waals surface area contributed by atoms with E-state index in [9.17, 15) is 13.4 Å². The molecule has 8 nitrogen and oxygen atoms in total. The molecule has 1 saturated heterocycles. The number of nitrogens with zero attached hydrogens (tertiary/aromatic N) is 2. The Morgan fingerprint density at radius 1 is 1.28 bits per heavy atom. The number of amides is 1. The minimum absolute atomic E-state index is 0.312. The van der Waals surface area contributed by atoms with E-state index in [1.807, 2.05) is 0 Å². The number of halogens is 1. The first-order valence-electron chi connectivity index (χ1n) is 8.88. The Balaban J connectivity index is 1.51. The number of carbonyl (C=O) groups excluding carboxylic acids is 1. The summed E-state index contributed by atoms with van der Waals surface area (Å²) in [6, 6.07) is 11.0. The minimum Gasteiger partial charge on any atom is -0.442 e. The third-order valence-electron chi connectivity index (χ3n) is 4.70. The molecule has 2 aliphatic heterocycles. The third kappa shape index (κ3) is 4.03. The molecule has 3 N–H and O–H groups in total. The van der Waals surface area contributed by atoms with Gasteiger partial charge in [0.25, 0.3) is 0 Å². The lowest BCUT2D eigenvalue weighted by Gasteiger charge is -2.18. The highest BCUT2D eigenvalue weighted by Gasteiger charge is 2.33. The quantitative estimate of drug-likeness (QED) is 0.692. The fourth-order valence-corrected chi connectivity index (χ4v) is 3.89. The van der Waals surface area contributed by atoms with Crippen LogP contribution in [0.1, 0.15) is 0 Å².